The van der Waals surface area contributed by atoms with Gasteiger partial charge in [-0.15, -0.1) is 0 Å². The molecule has 0 amide bonds. The van der Waals surface area contributed by atoms with Crippen LogP contribution in [0.25, 0.3) is 0 Å². The summed E-state index contributed by atoms with van der Waals surface area (Å²) in [4.78, 5) is 0. The van der Waals surface area contributed by atoms with Crippen molar-refractivity contribution in [1.29, 1.82) is 0 Å². The fourth-order valence-electron chi connectivity index (χ4n) is 2.82. The molecule has 4 heteroatoms. The molecule has 0 radical (unpaired) electrons. The van der Waals surface area contributed by atoms with E-state index < -0.39 is 0 Å². The highest BCUT2D eigenvalue weighted by molar-refractivity contribution is 7.13. The van der Waals surface area contributed by atoms with Crippen LogP contribution in [0.5, 0.6) is 5.75 Å². The highest BCUT2D eigenvalue weighted by Crippen LogP contribution is 2.44. The van der Waals surface area contributed by atoms with Crippen LogP contribution in [-0.2, 0) is 0 Å². The van der Waals surface area contributed by atoms with Crippen LogP contribution in [0.2, 0.25) is 0 Å². The molecule has 2 atom stereocenters. The Hall–Kier alpha value is -0.630. The lowest BCUT2D eigenvalue weighted by Gasteiger charge is -2.45. The van der Waals surface area contributed by atoms with Gasteiger partial charge in [0.2, 0.25) is 0 Å². The van der Waals surface area contributed by atoms with Crippen molar-refractivity contribution >= 4 is 9.39 Å². The van der Waals surface area contributed by atoms with E-state index >= 15 is 0 Å². The van der Waals surface area contributed by atoms with Crippen molar-refractivity contribution in [2.24, 2.45) is 0 Å². The van der Waals surface area contributed by atoms with Crippen molar-refractivity contribution < 1.29 is 9.84 Å². The van der Waals surface area contributed by atoms with E-state index in [-0.39, 0.29) is 11.7 Å². The van der Waals surface area contributed by atoms with Crippen LogP contribution in [0.1, 0.15) is 30.9 Å². The largest absolute Gasteiger partial charge is 0.487 e. The van der Waals surface area contributed by atoms with E-state index in [0.29, 0.717) is 0 Å². The topological polar surface area (TPSA) is 32.7 Å². The number of ether oxygens (including phenoxy) is 1. The molecule has 92 valence electrons. The lowest BCUT2D eigenvalue weighted by Crippen LogP contribution is -2.48. The van der Waals surface area contributed by atoms with Crippen molar-refractivity contribution in [2.45, 2.75) is 31.0 Å². The van der Waals surface area contributed by atoms with E-state index in [1.165, 1.54) is 0 Å². The maximum atomic E-state index is 10.2. The van der Waals surface area contributed by atoms with Gasteiger partial charge in [0.25, 0.3) is 0 Å². The molecule has 0 aliphatic carbocycles. The number of aliphatic hydroxyl groups is 1. The van der Waals surface area contributed by atoms with Crippen molar-refractivity contribution in [2.75, 3.05) is 13.1 Å². The van der Waals surface area contributed by atoms with Gasteiger partial charge in [0.15, 0.2) is 0 Å². The molecule has 2 aliphatic rings. The second kappa shape index (κ2) is 4.24. The Kier molecular flexibility index (Phi) is 2.86. The molecule has 2 unspecified atom stereocenters. The Morgan fingerprint density at radius 1 is 1.29 bits per heavy atom. The molecule has 1 aromatic rings. The van der Waals surface area contributed by atoms with Gasteiger partial charge < -0.3 is 9.84 Å². The summed E-state index contributed by atoms with van der Waals surface area (Å²) >= 11 is 0. The Labute approximate surface area is 104 Å². The monoisotopic (exact) mass is 251 g/mol. The summed E-state index contributed by atoms with van der Waals surface area (Å²) < 4.78 is 8.42. The van der Waals surface area contributed by atoms with Crippen molar-refractivity contribution in [1.82, 2.24) is 4.67 Å². The lowest BCUT2D eigenvalue weighted by atomic mass is 9.82. The zero-order chi connectivity index (χ0) is 11.9. The Balaban J connectivity index is 1.88. The van der Waals surface area contributed by atoms with Gasteiger partial charge in [-0.1, -0.05) is 27.6 Å². The molecule has 0 bridgehead atoms. The fraction of sp³-hybridized carbons (Fsp3) is 0.538. The molecule has 1 aromatic carbocycles. The summed E-state index contributed by atoms with van der Waals surface area (Å²) in [6.45, 7) is 2.03. The smallest absolute Gasteiger partial charge is 0.125 e. The summed E-state index contributed by atoms with van der Waals surface area (Å²) in [5, 5.41) is 10.2. The summed E-state index contributed by atoms with van der Waals surface area (Å²) in [5.74, 6) is 0.864. The van der Waals surface area contributed by atoms with Crippen LogP contribution in [0, 0.1) is 0 Å². The van der Waals surface area contributed by atoms with Crippen LogP contribution in [-0.4, -0.2) is 28.5 Å². The van der Waals surface area contributed by atoms with Gasteiger partial charge in [-0.2, -0.15) is 0 Å². The second-order valence-corrected chi connectivity index (χ2v) is 5.81. The fourth-order valence-corrected chi connectivity index (χ4v) is 3.08. The third-order valence-corrected chi connectivity index (χ3v) is 4.40. The number of hydrogen-bond donors (Lipinski definition) is 1. The van der Waals surface area contributed by atoms with E-state index in [4.69, 9.17) is 4.74 Å². The van der Waals surface area contributed by atoms with Gasteiger partial charge in [-0.3, -0.25) is 4.67 Å². The van der Waals surface area contributed by atoms with Crippen LogP contribution >= 0.6 is 9.39 Å². The van der Waals surface area contributed by atoms with Gasteiger partial charge >= 0.3 is 0 Å². The van der Waals surface area contributed by atoms with Gasteiger partial charge in [0, 0.05) is 37.9 Å². The Morgan fingerprint density at radius 3 is 2.76 bits per heavy atom. The molecule has 1 spiro atoms. The summed E-state index contributed by atoms with van der Waals surface area (Å²) in [7, 11) is 2.74. The highest BCUT2D eigenvalue weighted by atomic mass is 31.0. The van der Waals surface area contributed by atoms with Crippen LogP contribution < -0.4 is 4.74 Å². The lowest BCUT2D eigenvalue weighted by molar-refractivity contribution is -0.0426. The first-order valence-corrected chi connectivity index (χ1v) is 6.66. The Bertz CT molecular complexity index is 416. The number of piperidine rings is 1. The van der Waals surface area contributed by atoms with E-state index in [1.54, 1.807) is 0 Å². The quantitative estimate of drug-likeness (QED) is 0.717. The zero-order valence-corrected chi connectivity index (χ0v) is 11.0. The van der Waals surface area contributed by atoms with Gasteiger partial charge in [0.05, 0.1) is 6.10 Å². The second-order valence-electron chi connectivity index (χ2n) is 5.08. The normalized spacial score (nSPS) is 27.5. The van der Waals surface area contributed by atoms with Crippen LogP contribution in [0.4, 0.5) is 0 Å². The first-order chi connectivity index (χ1) is 8.19. The molecule has 3 rings (SSSR count). The third kappa shape index (κ3) is 2.08. The molecule has 1 N–H and O–H groups in total. The molecule has 1 saturated heterocycles. The number of aliphatic hydroxyl groups excluding tert-OH is 1. The number of rotatable bonds is 0. The number of fused-ring (bicyclic) bond motifs is 1. The first-order valence-electron chi connectivity index (χ1n) is 6.14. The molecule has 1 fully saturated rings. The Morgan fingerprint density at radius 2 is 2.00 bits per heavy atom. The van der Waals surface area contributed by atoms with E-state index in [2.05, 4.69) is 14.1 Å². The van der Waals surface area contributed by atoms with E-state index in [9.17, 15) is 5.11 Å². The third-order valence-electron chi connectivity index (χ3n) is 3.88. The number of para-hydroxylation sites is 1. The minimum atomic E-state index is -0.379. The van der Waals surface area contributed by atoms with E-state index in [0.717, 1.165) is 43.7 Å². The van der Waals surface area contributed by atoms with Crippen LogP contribution in [0.15, 0.2) is 24.3 Å². The molecular weight excluding hydrogens is 233 g/mol. The number of nitrogens with zero attached hydrogens (tertiary/aromatic N) is 1. The summed E-state index contributed by atoms with van der Waals surface area (Å²) in [6, 6.07) is 7.84. The van der Waals surface area contributed by atoms with Gasteiger partial charge in [-0.05, 0) is 6.07 Å². The van der Waals surface area contributed by atoms with Gasteiger partial charge in [0.1, 0.15) is 11.4 Å². The number of benzene rings is 1. The zero-order valence-electron chi connectivity index (χ0n) is 9.80. The predicted octanol–water partition coefficient (Wildman–Crippen LogP) is 2.13. The van der Waals surface area contributed by atoms with Gasteiger partial charge in [-0.25, -0.2) is 0 Å². The molecule has 2 heterocycles. The van der Waals surface area contributed by atoms with Crippen LogP contribution in [0.3, 0.4) is 0 Å². The summed E-state index contributed by atoms with van der Waals surface area (Å²) in [5.41, 5.74) is 0.785. The van der Waals surface area contributed by atoms with E-state index in [1.807, 2.05) is 24.3 Å². The average molecular weight is 251 g/mol. The molecule has 3 nitrogen and oxygen atoms in total. The minimum Gasteiger partial charge on any atom is -0.487 e. The van der Waals surface area contributed by atoms with Crippen molar-refractivity contribution in [3.8, 4) is 5.75 Å². The highest BCUT2D eigenvalue weighted by Gasteiger charge is 2.42. The molecule has 0 saturated carbocycles. The van der Waals surface area contributed by atoms with Crippen molar-refractivity contribution in [3.05, 3.63) is 29.8 Å². The minimum absolute atomic E-state index is 0.152. The molecule has 0 aromatic heterocycles. The summed E-state index contributed by atoms with van der Waals surface area (Å²) in [6.07, 6.45) is 2.32. The molecular formula is C13H18NO2P. The van der Waals surface area contributed by atoms with Crippen molar-refractivity contribution in [3.63, 3.8) is 0 Å². The first kappa shape index (κ1) is 11.5. The maximum Gasteiger partial charge on any atom is 0.125 e. The molecule has 17 heavy (non-hydrogen) atoms. The predicted molar refractivity (Wildman–Crippen MR) is 69.9 cm³/mol. The maximum absolute atomic E-state index is 10.2. The SMILES string of the molecule is OC1CC2(CCN(P)CC2)Oc2ccccc21. The standard InChI is InChI=1S/C13H18NO2P/c15-11-9-13(5-7-14(17)8-6-13)16-12-4-2-1-3-10(11)12/h1-4,11,15H,5-9,17H2. The molecule has 2 aliphatic heterocycles. The average Bonchev–Trinajstić information content (AvgIpc) is 2.34. The number of hydrogen-bond acceptors (Lipinski definition) is 3.